The summed E-state index contributed by atoms with van der Waals surface area (Å²) in [5.74, 6) is 0. The minimum atomic E-state index is 1.06. The Morgan fingerprint density at radius 1 is 0.423 bits per heavy atom. The van der Waals surface area contributed by atoms with Gasteiger partial charge in [-0.25, -0.2) is 0 Å². The van der Waals surface area contributed by atoms with E-state index in [0.717, 1.165) is 45.0 Å². The Labute approximate surface area is 302 Å². The molecule has 3 heteroatoms. The van der Waals surface area contributed by atoms with Gasteiger partial charge in [0.2, 0.25) is 0 Å². The number of rotatable bonds is 6. The van der Waals surface area contributed by atoms with Crippen molar-refractivity contribution < 1.29 is 0 Å². The lowest BCUT2D eigenvalue weighted by atomic mass is 10.0. The van der Waals surface area contributed by atoms with Gasteiger partial charge in [0.1, 0.15) is 0 Å². The summed E-state index contributed by atoms with van der Waals surface area (Å²) >= 11 is 0. The van der Waals surface area contributed by atoms with Crippen LogP contribution in [0.1, 0.15) is 18.2 Å². The van der Waals surface area contributed by atoms with Crippen LogP contribution in [0.4, 0.5) is 0 Å². The van der Waals surface area contributed by atoms with E-state index in [1.807, 2.05) is 6.08 Å². The molecule has 10 rings (SSSR count). The van der Waals surface area contributed by atoms with Crippen molar-refractivity contribution >= 4 is 66.7 Å². The first-order valence-corrected chi connectivity index (χ1v) is 17.9. The van der Waals surface area contributed by atoms with Crippen molar-refractivity contribution in [3.8, 4) is 28.2 Å². The predicted octanol–water partition coefficient (Wildman–Crippen LogP) is 13.2. The number of nitrogens with zero attached hydrogens (tertiary/aromatic N) is 3. The van der Waals surface area contributed by atoms with Crippen LogP contribution in [0.2, 0.25) is 0 Å². The third-order valence-corrected chi connectivity index (χ3v) is 10.6. The van der Waals surface area contributed by atoms with Gasteiger partial charge in [0.05, 0.1) is 44.7 Å². The van der Waals surface area contributed by atoms with Crippen LogP contribution in [0.5, 0.6) is 0 Å². The number of aromatic nitrogens is 3. The van der Waals surface area contributed by atoms with Gasteiger partial charge in [0, 0.05) is 49.3 Å². The summed E-state index contributed by atoms with van der Waals surface area (Å²) in [6, 6.07) is 59.3. The lowest BCUT2D eigenvalue weighted by Gasteiger charge is -2.19. The maximum Gasteiger partial charge on any atom is 0.0542 e. The standard InChI is InChI=1S/C49H35N3/c1-3-17-34-41-32-33(50-43-24-11-5-18-35(43)36-19-6-12-25-44(36)50)30-31-49(41)51(42(34)4-2)45-26-13-7-20-37(45)38-21-8-14-27-46(38)52-47-28-15-9-22-39(47)40-23-10-16-29-48(40)52/h3-32H,2H2,1H3/b17-3-. The zero-order valence-corrected chi connectivity index (χ0v) is 28.9. The molecule has 0 radical (unpaired) electrons. The number of fused-ring (bicyclic) bond motifs is 7. The molecule has 52 heavy (non-hydrogen) atoms. The van der Waals surface area contributed by atoms with Gasteiger partial charge in [-0.3, -0.25) is 0 Å². The number of allylic oxidation sites excluding steroid dienone is 1. The van der Waals surface area contributed by atoms with Gasteiger partial charge in [-0.2, -0.15) is 0 Å². The minimum Gasteiger partial charge on any atom is -0.309 e. The highest BCUT2D eigenvalue weighted by atomic mass is 15.0. The highest BCUT2D eigenvalue weighted by molar-refractivity contribution is 6.11. The minimum absolute atomic E-state index is 1.06. The smallest absolute Gasteiger partial charge is 0.0542 e. The monoisotopic (exact) mass is 665 g/mol. The van der Waals surface area contributed by atoms with Gasteiger partial charge in [-0.15, -0.1) is 0 Å². The molecule has 0 spiro atoms. The van der Waals surface area contributed by atoms with Crippen molar-refractivity contribution in [1.82, 2.24) is 13.7 Å². The van der Waals surface area contributed by atoms with Gasteiger partial charge in [0.25, 0.3) is 0 Å². The molecule has 0 saturated heterocycles. The molecule has 7 aromatic carbocycles. The van der Waals surface area contributed by atoms with Crippen LogP contribution in [0.25, 0.3) is 94.9 Å². The van der Waals surface area contributed by atoms with Crippen LogP contribution in [-0.4, -0.2) is 13.7 Å². The first-order valence-electron chi connectivity index (χ1n) is 17.9. The lowest BCUT2D eigenvalue weighted by molar-refractivity contribution is 1.10. The maximum absolute atomic E-state index is 4.37. The molecule has 3 nitrogen and oxygen atoms in total. The number of benzene rings is 7. The molecule has 246 valence electrons. The van der Waals surface area contributed by atoms with E-state index in [4.69, 9.17) is 0 Å². The van der Waals surface area contributed by atoms with Crippen LogP contribution < -0.4 is 0 Å². The van der Waals surface area contributed by atoms with Crippen LogP contribution in [0.15, 0.2) is 176 Å². The summed E-state index contributed by atoms with van der Waals surface area (Å²) in [4.78, 5) is 0. The molecule has 0 aliphatic heterocycles. The molecule has 0 unspecified atom stereocenters. The predicted molar refractivity (Wildman–Crippen MR) is 222 cm³/mol. The second-order valence-electron chi connectivity index (χ2n) is 13.3. The quantitative estimate of drug-likeness (QED) is 0.168. The molecular formula is C49H35N3. The van der Waals surface area contributed by atoms with Crippen LogP contribution in [-0.2, 0) is 0 Å². The van der Waals surface area contributed by atoms with E-state index < -0.39 is 0 Å². The van der Waals surface area contributed by atoms with Crippen LogP contribution >= 0.6 is 0 Å². The number of hydrogen-bond acceptors (Lipinski definition) is 0. The van der Waals surface area contributed by atoms with Gasteiger partial charge in [0.15, 0.2) is 0 Å². The molecule has 0 aliphatic carbocycles. The zero-order valence-electron chi connectivity index (χ0n) is 28.9. The van der Waals surface area contributed by atoms with Crippen molar-refractivity contribution in [1.29, 1.82) is 0 Å². The average Bonchev–Trinajstić information content (AvgIpc) is 3.83. The topological polar surface area (TPSA) is 14.8 Å². The van der Waals surface area contributed by atoms with Crippen LogP contribution in [0, 0.1) is 0 Å². The Kier molecular flexibility index (Phi) is 6.87. The first-order chi connectivity index (χ1) is 25.8. The van der Waals surface area contributed by atoms with Crippen molar-refractivity contribution in [3.63, 3.8) is 0 Å². The molecule has 0 atom stereocenters. The first kappa shape index (κ1) is 30.0. The molecule has 3 aromatic heterocycles. The second kappa shape index (κ2) is 11.9. The van der Waals surface area contributed by atoms with E-state index in [2.05, 4.69) is 203 Å². The average molecular weight is 666 g/mol. The Bertz CT molecular complexity index is 2950. The van der Waals surface area contributed by atoms with Gasteiger partial charge < -0.3 is 13.7 Å². The normalized spacial score (nSPS) is 11.9. The molecule has 0 aliphatic rings. The molecule has 3 heterocycles. The third kappa shape index (κ3) is 4.33. The second-order valence-corrected chi connectivity index (χ2v) is 13.3. The maximum atomic E-state index is 4.37. The van der Waals surface area contributed by atoms with E-state index in [1.165, 1.54) is 49.0 Å². The SMILES string of the molecule is C=Cc1c(/C=C\C)c2cc(-n3c4ccccc4c4ccccc43)ccc2n1-c1ccccc1-c1ccccc1-n1c2ccccc2c2ccccc21. The van der Waals surface area contributed by atoms with Crippen molar-refractivity contribution in [2.45, 2.75) is 6.92 Å². The zero-order chi connectivity index (χ0) is 34.8. The summed E-state index contributed by atoms with van der Waals surface area (Å²) in [6.07, 6.45) is 6.36. The Morgan fingerprint density at radius 3 is 1.35 bits per heavy atom. The highest BCUT2D eigenvalue weighted by Gasteiger charge is 2.22. The molecule has 10 aromatic rings. The molecular weight excluding hydrogens is 631 g/mol. The molecule has 0 saturated carbocycles. The molecule has 0 amide bonds. The van der Waals surface area contributed by atoms with Crippen molar-refractivity contribution in [2.24, 2.45) is 0 Å². The number of hydrogen-bond donors (Lipinski definition) is 0. The third-order valence-electron chi connectivity index (χ3n) is 10.6. The Balaban J connectivity index is 1.24. The van der Waals surface area contributed by atoms with Gasteiger partial charge in [-0.05, 0) is 67.6 Å². The van der Waals surface area contributed by atoms with E-state index >= 15 is 0 Å². The number of para-hydroxylation sites is 6. The highest BCUT2D eigenvalue weighted by Crippen LogP contribution is 2.41. The van der Waals surface area contributed by atoms with Gasteiger partial charge in [-0.1, -0.05) is 128 Å². The Morgan fingerprint density at radius 2 is 0.846 bits per heavy atom. The summed E-state index contributed by atoms with van der Waals surface area (Å²) in [7, 11) is 0. The van der Waals surface area contributed by atoms with Crippen molar-refractivity contribution in [2.75, 3.05) is 0 Å². The fourth-order valence-corrected chi connectivity index (χ4v) is 8.44. The fraction of sp³-hybridized carbons (Fsp3) is 0.0204. The summed E-state index contributed by atoms with van der Waals surface area (Å²) < 4.78 is 7.21. The van der Waals surface area contributed by atoms with Crippen LogP contribution in [0.3, 0.4) is 0 Å². The summed E-state index contributed by atoms with van der Waals surface area (Å²) in [5.41, 5.74) is 13.8. The van der Waals surface area contributed by atoms with E-state index in [1.54, 1.807) is 0 Å². The van der Waals surface area contributed by atoms with E-state index in [0.29, 0.717) is 0 Å². The lowest BCUT2D eigenvalue weighted by Crippen LogP contribution is -2.02. The summed E-state index contributed by atoms with van der Waals surface area (Å²) in [5, 5.41) is 6.19. The van der Waals surface area contributed by atoms with Crippen molar-refractivity contribution in [3.05, 3.63) is 188 Å². The Hall–Kier alpha value is -6.84. The molecule has 0 bridgehead atoms. The fourth-order valence-electron chi connectivity index (χ4n) is 8.44. The molecule has 0 N–H and O–H groups in total. The van der Waals surface area contributed by atoms with Gasteiger partial charge >= 0.3 is 0 Å². The summed E-state index contributed by atoms with van der Waals surface area (Å²) in [6.45, 7) is 6.46. The van der Waals surface area contributed by atoms with E-state index in [-0.39, 0.29) is 0 Å². The molecule has 0 fully saturated rings. The van der Waals surface area contributed by atoms with E-state index in [9.17, 15) is 0 Å². The largest absolute Gasteiger partial charge is 0.309 e.